The molecule has 1 saturated heterocycles. The third-order valence-corrected chi connectivity index (χ3v) is 5.81. The molecular weight excluding hydrogens is 292 g/mol. The molecule has 2 fully saturated rings. The Bertz CT molecular complexity index is 676. The summed E-state index contributed by atoms with van der Waals surface area (Å²) in [5.41, 5.74) is 0.426. The van der Waals surface area contributed by atoms with Gasteiger partial charge in [-0.2, -0.15) is 4.31 Å². The lowest BCUT2D eigenvalue weighted by Gasteiger charge is -2.18. The predicted molar refractivity (Wildman–Crippen MR) is 76.1 cm³/mol. The van der Waals surface area contributed by atoms with E-state index in [1.807, 2.05) is 0 Å². The highest BCUT2D eigenvalue weighted by Gasteiger charge is 2.35. The molecule has 112 valence electrons. The molecule has 0 atom stereocenters. The van der Waals surface area contributed by atoms with Crippen molar-refractivity contribution in [1.82, 2.24) is 4.31 Å². The minimum absolute atomic E-state index is 0.0939. The Balaban J connectivity index is 1.87. The van der Waals surface area contributed by atoms with Crippen LogP contribution >= 0.6 is 0 Å². The average Bonchev–Trinajstić information content (AvgIpc) is 3.25. The van der Waals surface area contributed by atoms with Crippen LogP contribution in [0.5, 0.6) is 0 Å². The molecule has 0 unspecified atom stereocenters. The maximum atomic E-state index is 12.4. The van der Waals surface area contributed by atoms with Crippen molar-refractivity contribution in [2.75, 3.05) is 11.9 Å². The number of sulfonamides is 1. The van der Waals surface area contributed by atoms with E-state index in [-0.39, 0.29) is 35.6 Å². The Hall–Kier alpha value is -1.73. The van der Waals surface area contributed by atoms with Crippen molar-refractivity contribution in [2.45, 2.75) is 36.6 Å². The maximum absolute atomic E-state index is 12.4. The first kappa shape index (κ1) is 14.2. The second-order valence-electron chi connectivity index (χ2n) is 5.37. The Labute approximate surface area is 123 Å². The summed E-state index contributed by atoms with van der Waals surface area (Å²) in [6, 6.07) is 6.00. The van der Waals surface area contributed by atoms with Gasteiger partial charge < -0.3 is 0 Å². The van der Waals surface area contributed by atoms with Crippen molar-refractivity contribution >= 4 is 27.5 Å². The van der Waals surface area contributed by atoms with Crippen LogP contribution in [0.25, 0.3) is 0 Å². The fraction of sp³-hybridized carbons (Fsp3) is 0.429. The van der Waals surface area contributed by atoms with E-state index in [1.54, 1.807) is 7.05 Å². The normalized spacial score (nSPS) is 19.6. The second-order valence-corrected chi connectivity index (χ2v) is 7.37. The van der Waals surface area contributed by atoms with Gasteiger partial charge >= 0.3 is 0 Å². The Kier molecular flexibility index (Phi) is 3.33. The van der Waals surface area contributed by atoms with E-state index in [9.17, 15) is 18.0 Å². The molecule has 6 nitrogen and oxygen atoms in total. The molecule has 1 aromatic carbocycles. The minimum Gasteiger partial charge on any atom is -0.274 e. The Morgan fingerprint density at radius 3 is 2.05 bits per heavy atom. The Morgan fingerprint density at radius 1 is 1.05 bits per heavy atom. The van der Waals surface area contributed by atoms with Gasteiger partial charge in [0.1, 0.15) is 0 Å². The summed E-state index contributed by atoms with van der Waals surface area (Å²) >= 11 is 0. The molecule has 7 heteroatoms. The highest BCUT2D eigenvalue weighted by molar-refractivity contribution is 7.89. The highest BCUT2D eigenvalue weighted by Crippen LogP contribution is 2.31. The first-order valence-electron chi connectivity index (χ1n) is 6.85. The summed E-state index contributed by atoms with van der Waals surface area (Å²) in [6.45, 7) is 0. The van der Waals surface area contributed by atoms with Crippen LogP contribution in [0.15, 0.2) is 29.2 Å². The molecule has 0 radical (unpaired) electrons. The third-order valence-electron chi connectivity index (χ3n) is 3.88. The molecule has 2 aliphatic rings. The number of imide groups is 1. The topological polar surface area (TPSA) is 74.8 Å². The van der Waals surface area contributed by atoms with E-state index in [0.29, 0.717) is 5.69 Å². The van der Waals surface area contributed by atoms with Crippen molar-refractivity contribution in [1.29, 1.82) is 0 Å². The number of hydrogen-bond acceptors (Lipinski definition) is 4. The van der Waals surface area contributed by atoms with Crippen LogP contribution in [0, 0.1) is 0 Å². The van der Waals surface area contributed by atoms with Gasteiger partial charge in [0.25, 0.3) is 0 Å². The van der Waals surface area contributed by atoms with Crippen LogP contribution in [0.2, 0.25) is 0 Å². The summed E-state index contributed by atoms with van der Waals surface area (Å²) < 4.78 is 26.1. The number of carbonyl (C=O) groups excluding carboxylic acids is 2. The van der Waals surface area contributed by atoms with Gasteiger partial charge in [-0.3, -0.25) is 14.5 Å². The smallest absolute Gasteiger partial charge is 0.243 e. The van der Waals surface area contributed by atoms with Crippen molar-refractivity contribution in [3.05, 3.63) is 24.3 Å². The van der Waals surface area contributed by atoms with Crippen molar-refractivity contribution < 1.29 is 18.0 Å². The summed E-state index contributed by atoms with van der Waals surface area (Å²) in [5.74, 6) is -0.489. The van der Waals surface area contributed by atoms with E-state index >= 15 is 0 Å². The molecule has 3 rings (SSSR count). The SMILES string of the molecule is CN(C1CC1)S(=O)(=O)c1ccc(N2C(=O)CCC2=O)cc1. The first-order chi connectivity index (χ1) is 9.91. The van der Waals surface area contributed by atoms with Crippen LogP contribution in [-0.4, -0.2) is 37.6 Å². The standard InChI is InChI=1S/C14H16N2O4S/c1-15(10-2-3-10)21(19,20)12-6-4-11(5-7-12)16-13(17)8-9-14(16)18/h4-7,10H,2-3,8-9H2,1H3. The number of benzene rings is 1. The summed E-state index contributed by atoms with van der Waals surface area (Å²) in [5, 5.41) is 0. The highest BCUT2D eigenvalue weighted by atomic mass is 32.2. The number of hydrogen-bond donors (Lipinski definition) is 0. The largest absolute Gasteiger partial charge is 0.274 e. The van der Waals surface area contributed by atoms with Gasteiger partial charge in [-0.05, 0) is 37.1 Å². The lowest BCUT2D eigenvalue weighted by molar-refractivity contribution is -0.121. The van der Waals surface area contributed by atoms with Crippen LogP contribution < -0.4 is 4.90 Å². The molecule has 0 bridgehead atoms. The molecule has 2 amide bonds. The average molecular weight is 308 g/mol. The first-order valence-corrected chi connectivity index (χ1v) is 8.29. The van der Waals surface area contributed by atoms with E-state index in [0.717, 1.165) is 17.7 Å². The number of amides is 2. The van der Waals surface area contributed by atoms with Gasteiger partial charge in [0, 0.05) is 25.9 Å². The molecule has 1 aromatic rings. The molecule has 0 aromatic heterocycles. The molecule has 1 saturated carbocycles. The van der Waals surface area contributed by atoms with E-state index in [1.165, 1.54) is 28.6 Å². The van der Waals surface area contributed by atoms with Gasteiger partial charge in [0.15, 0.2) is 0 Å². The number of nitrogens with zero attached hydrogens (tertiary/aromatic N) is 2. The zero-order valence-corrected chi connectivity index (χ0v) is 12.5. The third kappa shape index (κ3) is 2.47. The lowest BCUT2D eigenvalue weighted by atomic mass is 10.3. The zero-order chi connectivity index (χ0) is 15.2. The van der Waals surface area contributed by atoms with Crippen LogP contribution in [0.3, 0.4) is 0 Å². The molecule has 0 spiro atoms. The molecule has 0 N–H and O–H groups in total. The monoisotopic (exact) mass is 308 g/mol. The fourth-order valence-electron chi connectivity index (χ4n) is 2.43. The molecule has 21 heavy (non-hydrogen) atoms. The molecule has 1 aliphatic heterocycles. The number of anilines is 1. The van der Waals surface area contributed by atoms with Gasteiger partial charge in [0.05, 0.1) is 10.6 Å². The number of carbonyl (C=O) groups is 2. The van der Waals surface area contributed by atoms with Gasteiger partial charge in [-0.15, -0.1) is 0 Å². The predicted octanol–water partition coefficient (Wildman–Crippen LogP) is 1.12. The summed E-state index contributed by atoms with van der Waals surface area (Å²) in [7, 11) is -1.92. The van der Waals surface area contributed by atoms with Gasteiger partial charge in [-0.1, -0.05) is 0 Å². The van der Waals surface area contributed by atoms with Crippen LogP contribution in [-0.2, 0) is 19.6 Å². The number of rotatable bonds is 4. The van der Waals surface area contributed by atoms with Gasteiger partial charge in [-0.25, -0.2) is 8.42 Å². The van der Waals surface area contributed by atoms with Crippen LogP contribution in [0.1, 0.15) is 25.7 Å². The van der Waals surface area contributed by atoms with Crippen molar-refractivity contribution in [2.24, 2.45) is 0 Å². The summed E-state index contributed by atoms with van der Waals surface area (Å²) in [4.78, 5) is 24.6. The van der Waals surface area contributed by atoms with E-state index in [4.69, 9.17) is 0 Å². The van der Waals surface area contributed by atoms with E-state index < -0.39 is 10.0 Å². The zero-order valence-electron chi connectivity index (χ0n) is 11.7. The second kappa shape index (κ2) is 4.92. The molecule has 1 aliphatic carbocycles. The maximum Gasteiger partial charge on any atom is 0.243 e. The fourth-order valence-corrected chi connectivity index (χ4v) is 3.85. The quantitative estimate of drug-likeness (QED) is 0.781. The Morgan fingerprint density at radius 2 is 1.57 bits per heavy atom. The van der Waals surface area contributed by atoms with Crippen molar-refractivity contribution in [3.8, 4) is 0 Å². The van der Waals surface area contributed by atoms with Crippen LogP contribution in [0.4, 0.5) is 5.69 Å². The van der Waals surface area contributed by atoms with Gasteiger partial charge in [0.2, 0.25) is 21.8 Å². The van der Waals surface area contributed by atoms with Crippen molar-refractivity contribution in [3.63, 3.8) is 0 Å². The molecular formula is C14H16N2O4S. The minimum atomic E-state index is -3.50. The summed E-state index contributed by atoms with van der Waals surface area (Å²) in [6.07, 6.45) is 2.21. The lowest BCUT2D eigenvalue weighted by Crippen LogP contribution is -2.30. The van der Waals surface area contributed by atoms with E-state index in [2.05, 4.69) is 0 Å². The molecule has 1 heterocycles.